The summed E-state index contributed by atoms with van der Waals surface area (Å²) in [4.78, 5) is 8.36. The van der Waals surface area contributed by atoms with E-state index < -0.39 is 5.09 Å². The number of nitrogens with zero attached hydrogens (tertiary/aromatic N) is 1. The van der Waals surface area contributed by atoms with Crippen LogP contribution in [0.3, 0.4) is 0 Å². The van der Waals surface area contributed by atoms with Crippen LogP contribution in [0.5, 0.6) is 0 Å². The summed E-state index contributed by atoms with van der Waals surface area (Å²) in [5.41, 5.74) is 0. The van der Waals surface area contributed by atoms with Crippen LogP contribution < -0.4 is 0 Å². The molecule has 5 nitrogen and oxygen atoms in total. The van der Waals surface area contributed by atoms with E-state index in [1.54, 1.807) is 0 Å². The molecule has 6 heteroatoms. The van der Waals surface area contributed by atoms with Crippen LogP contribution in [0.25, 0.3) is 0 Å². The van der Waals surface area contributed by atoms with Crippen LogP contribution in [0.4, 0.5) is 0 Å². The van der Waals surface area contributed by atoms with Gasteiger partial charge in [0.15, 0.2) is 0 Å². The molecule has 0 spiro atoms. The first-order chi connectivity index (χ1) is 2.73. The molecule has 6 heavy (non-hydrogen) atoms. The van der Waals surface area contributed by atoms with Crippen molar-refractivity contribution in [1.29, 1.82) is 0 Å². The van der Waals surface area contributed by atoms with E-state index >= 15 is 0 Å². The topological polar surface area (TPSA) is 83.6 Å². The molecule has 0 aliphatic carbocycles. The molecule has 0 unspecified atom stereocenters. The average Bonchev–Trinajstić information content (AvgIpc) is 1.41. The van der Waals surface area contributed by atoms with E-state index in [-0.39, 0.29) is 0 Å². The van der Waals surface area contributed by atoms with Gasteiger partial charge in [-0.25, -0.2) is 0 Å². The van der Waals surface area contributed by atoms with Crippen LogP contribution in [0.15, 0.2) is 0 Å². The maximum absolute atomic E-state index is 8.36. The molecule has 0 fully saturated rings. The van der Waals surface area contributed by atoms with E-state index in [9.17, 15) is 0 Å². The summed E-state index contributed by atoms with van der Waals surface area (Å²) in [6.45, 7) is 0. The van der Waals surface area contributed by atoms with Crippen LogP contribution >= 0.6 is 0 Å². The Bertz CT molecular complexity index is 30.5. The number of hydrogen-bond donors (Lipinski definition) is 2. The third kappa shape index (κ3) is 3300. The van der Waals surface area contributed by atoms with Crippen molar-refractivity contribution < 1.29 is 35.4 Å². The zero-order valence-corrected chi connectivity index (χ0v) is 3.94. The fourth-order valence-electron chi connectivity index (χ4n) is 0. The third-order valence-corrected chi connectivity index (χ3v) is 0. The van der Waals surface area contributed by atoms with Gasteiger partial charge in [-0.05, 0) is 0 Å². The third-order valence-electron chi connectivity index (χ3n) is 0. The summed E-state index contributed by atoms with van der Waals surface area (Å²) in [6, 6.07) is 0. The van der Waals surface area contributed by atoms with Crippen LogP contribution in [0.1, 0.15) is 0 Å². The molecule has 0 saturated heterocycles. The molecule has 0 saturated carbocycles. The summed E-state index contributed by atoms with van der Waals surface area (Å²) < 4.78 is 6.81. The minimum absolute atomic E-state index is 1.50. The van der Waals surface area contributed by atoms with Crippen molar-refractivity contribution in [1.82, 2.24) is 0 Å². The zero-order valence-electron chi connectivity index (χ0n) is 2.46. The number of hydrogen-bond acceptors (Lipinski definition) is 3. The van der Waals surface area contributed by atoms with Gasteiger partial charge in [-0.2, -0.15) is 0 Å². The average molecular weight is 188 g/mol. The molecule has 0 aliphatic rings. The Kier molecular flexibility index (Phi) is 13.8. The molecule has 0 aromatic carbocycles. The Morgan fingerprint density at radius 2 is 1.67 bits per heavy atom. The summed E-state index contributed by atoms with van der Waals surface area (Å²) in [6.07, 6.45) is 0. The first kappa shape index (κ1) is 9.31. The first-order valence-electron chi connectivity index (χ1n) is 0.700. The quantitative estimate of drug-likeness (QED) is 0.293. The molecule has 0 atom stereocenters. The van der Waals surface area contributed by atoms with Gasteiger partial charge in [-0.15, -0.1) is 10.1 Å². The van der Waals surface area contributed by atoms with Gasteiger partial charge >= 0.3 is 25.1 Å². The first-order valence-corrected chi connectivity index (χ1v) is 1.36. The van der Waals surface area contributed by atoms with E-state index in [0.717, 1.165) is 0 Å². The normalized spacial score (nSPS) is 5.17. The summed E-state index contributed by atoms with van der Waals surface area (Å²) in [5.74, 6) is 0. The van der Waals surface area contributed by atoms with E-state index in [2.05, 4.69) is 0 Å². The van der Waals surface area contributed by atoms with E-state index in [1.165, 1.54) is 0 Å². The Hall–Kier alpha value is -0.0997. The van der Waals surface area contributed by atoms with Crippen molar-refractivity contribution in [2.24, 2.45) is 0 Å². The second-order valence-electron chi connectivity index (χ2n) is 0.238. The monoisotopic (exact) mass is 187 g/mol. The van der Waals surface area contributed by atoms with Crippen molar-refractivity contribution in [3.63, 3.8) is 0 Å². The van der Waals surface area contributed by atoms with Crippen molar-refractivity contribution in [2.75, 3.05) is 0 Å². The minimum atomic E-state index is -1.50. The molecule has 0 bridgehead atoms. The fourth-order valence-corrected chi connectivity index (χ4v) is 0. The van der Waals surface area contributed by atoms with Crippen molar-refractivity contribution in [3.8, 4) is 0 Å². The SMILES string of the molecule is O=[N+]([O-])O.[OH][Ag]. The molecule has 0 amide bonds. The second-order valence-corrected chi connectivity index (χ2v) is 0.238. The van der Waals surface area contributed by atoms with E-state index in [4.69, 9.17) is 18.9 Å². The standard InChI is InChI=1S/Ag.HNO3.H2O/c;2-1(3)4;/h;(H,2,3,4);1H2/q+1;;/p-1. The number of rotatable bonds is 0. The van der Waals surface area contributed by atoms with Crippen molar-refractivity contribution in [2.45, 2.75) is 0 Å². The van der Waals surface area contributed by atoms with Gasteiger partial charge in [-0.3, -0.25) is 0 Å². The van der Waals surface area contributed by atoms with E-state index in [1.807, 2.05) is 21.5 Å². The molecular formula is H2AgNO4. The van der Waals surface area contributed by atoms with Crippen LogP contribution in [0, 0.1) is 10.1 Å². The molecule has 0 radical (unpaired) electrons. The molecule has 0 heterocycles. The van der Waals surface area contributed by atoms with Gasteiger partial charge < -0.3 is 5.21 Å². The van der Waals surface area contributed by atoms with Gasteiger partial charge in [0.05, 0.1) is 0 Å². The molecule has 42 valence electrons. The predicted molar refractivity (Wildman–Crippen MR) is 11.0 cm³/mol. The van der Waals surface area contributed by atoms with Crippen LogP contribution in [-0.4, -0.2) is 13.9 Å². The molecule has 2 N–H and O–H groups in total. The Balaban J connectivity index is 0. The summed E-state index contributed by atoms with van der Waals surface area (Å²) >= 11 is 1.95. The van der Waals surface area contributed by atoms with Crippen molar-refractivity contribution in [3.05, 3.63) is 10.1 Å². The Morgan fingerprint density at radius 3 is 1.67 bits per heavy atom. The van der Waals surface area contributed by atoms with Crippen LogP contribution in [0.2, 0.25) is 0 Å². The molecular weight excluding hydrogens is 186 g/mol. The van der Waals surface area contributed by atoms with Gasteiger partial charge in [0.2, 0.25) is 0 Å². The molecule has 0 aliphatic heterocycles. The Morgan fingerprint density at radius 1 is 1.67 bits per heavy atom. The van der Waals surface area contributed by atoms with Gasteiger partial charge in [0, 0.05) is 0 Å². The van der Waals surface area contributed by atoms with E-state index in [0.29, 0.717) is 0 Å². The van der Waals surface area contributed by atoms with Gasteiger partial charge in [0.1, 0.15) is 0 Å². The summed E-state index contributed by atoms with van der Waals surface area (Å²) in [5, 5.41) is 13.6. The maximum atomic E-state index is 8.36. The molecule has 0 aromatic rings. The van der Waals surface area contributed by atoms with Gasteiger partial charge in [-0.1, -0.05) is 0 Å². The fraction of sp³-hybridized carbons (Fsp3) is 0. The zero-order chi connectivity index (χ0) is 5.58. The molecule has 0 aromatic heterocycles. The van der Waals surface area contributed by atoms with Gasteiger partial charge in [0.25, 0.3) is 5.09 Å². The summed E-state index contributed by atoms with van der Waals surface area (Å²) in [7, 11) is 0. The predicted octanol–water partition coefficient (Wildman–Crippen LogP) is -0.907. The second kappa shape index (κ2) is 8.86. The van der Waals surface area contributed by atoms with Crippen LogP contribution in [-0.2, 0) is 21.5 Å². The Labute approximate surface area is 46.1 Å². The van der Waals surface area contributed by atoms with Crippen molar-refractivity contribution >= 4 is 0 Å². The molecule has 0 rings (SSSR count).